The molecule has 0 aromatic heterocycles. The van der Waals surface area contributed by atoms with Crippen molar-refractivity contribution in [2.75, 3.05) is 20.7 Å². The van der Waals surface area contributed by atoms with Crippen LogP contribution in [0.4, 0.5) is 0 Å². The molecule has 1 N–H and O–H groups in total. The molecule has 0 bridgehead atoms. The zero-order valence-corrected chi connectivity index (χ0v) is 16.8. The zero-order chi connectivity index (χ0) is 19.9. The summed E-state index contributed by atoms with van der Waals surface area (Å²) in [5, 5.41) is 0. The number of hydrogen-bond donors (Lipinski definition) is 1. The van der Waals surface area contributed by atoms with Gasteiger partial charge in [-0.15, -0.1) is 0 Å². The van der Waals surface area contributed by atoms with Crippen molar-refractivity contribution in [3.8, 4) is 5.75 Å². The van der Waals surface area contributed by atoms with E-state index in [-0.39, 0.29) is 17.3 Å². The summed E-state index contributed by atoms with van der Waals surface area (Å²) in [6.07, 6.45) is 1.89. The van der Waals surface area contributed by atoms with Gasteiger partial charge in [0, 0.05) is 25.7 Å². The van der Waals surface area contributed by atoms with Crippen LogP contribution >= 0.6 is 0 Å². The molecule has 27 heavy (non-hydrogen) atoms. The molecule has 0 unspecified atom stereocenters. The molecule has 2 aromatic carbocycles. The number of sulfonamides is 1. The quantitative estimate of drug-likeness (QED) is 0.714. The number of nitrogens with zero attached hydrogens (tertiary/aromatic N) is 1. The molecule has 0 aliphatic rings. The Kier molecular flexibility index (Phi) is 7.38. The van der Waals surface area contributed by atoms with E-state index in [4.69, 9.17) is 4.74 Å². The summed E-state index contributed by atoms with van der Waals surface area (Å²) in [6, 6.07) is 13.3. The van der Waals surface area contributed by atoms with Gasteiger partial charge in [-0.3, -0.25) is 4.79 Å². The number of methoxy groups -OCH3 is 1. The predicted octanol–water partition coefficient (Wildman–Crippen LogP) is 3.05. The molecule has 6 nitrogen and oxygen atoms in total. The van der Waals surface area contributed by atoms with Crippen LogP contribution in [0.15, 0.2) is 53.4 Å². The Morgan fingerprint density at radius 1 is 1.15 bits per heavy atom. The fraction of sp³-hybridized carbons (Fsp3) is 0.350. The van der Waals surface area contributed by atoms with E-state index in [0.29, 0.717) is 17.9 Å². The first kappa shape index (κ1) is 20.9. The van der Waals surface area contributed by atoms with E-state index in [1.165, 1.54) is 12.1 Å². The van der Waals surface area contributed by atoms with E-state index in [1.807, 2.05) is 0 Å². The fourth-order valence-electron chi connectivity index (χ4n) is 2.52. The Morgan fingerprint density at radius 2 is 1.85 bits per heavy atom. The van der Waals surface area contributed by atoms with Crippen molar-refractivity contribution in [2.24, 2.45) is 0 Å². The minimum Gasteiger partial charge on any atom is -0.497 e. The van der Waals surface area contributed by atoms with E-state index in [9.17, 15) is 13.2 Å². The Bertz CT molecular complexity index is 864. The third-order valence-electron chi connectivity index (χ3n) is 4.21. The first-order chi connectivity index (χ1) is 12.9. The monoisotopic (exact) mass is 390 g/mol. The highest BCUT2D eigenvalue weighted by atomic mass is 32.2. The normalized spacial score (nSPS) is 11.2. The fourth-order valence-corrected chi connectivity index (χ4v) is 3.58. The van der Waals surface area contributed by atoms with E-state index < -0.39 is 10.0 Å². The second kappa shape index (κ2) is 9.53. The number of rotatable bonds is 9. The summed E-state index contributed by atoms with van der Waals surface area (Å²) in [4.78, 5) is 14.2. The lowest BCUT2D eigenvalue weighted by Crippen LogP contribution is -2.28. The smallest absolute Gasteiger partial charge is 0.253 e. The molecule has 0 saturated heterocycles. The second-order valence-corrected chi connectivity index (χ2v) is 8.05. The number of hydrogen-bond acceptors (Lipinski definition) is 4. The largest absolute Gasteiger partial charge is 0.497 e. The first-order valence-electron chi connectivity index (χ1n) is 8.85. The van der Waals surface area contributed by atoms with Crippen molar-refractivity contribution in [1.29, 1.82) is 0 Å². The standard InChI is InChI=1S/C20H26N2O4S/c1-4-5-13-22(2)20(23)17-7-6-8-19(14-17)27(24,25)21-15-16-9-11-18(26-3)12-10-16/h6-12,14,21H,4-5,13,15H2,1-3H3. The number of amides is 1. The predicted molar refractivity (Wildman–Crippen MR) is 105 cm³/mol. The van der Waals surface area contributed by atoms with E-state index in [2.05, 4.69) is 11.6 Å². The number of nitrogens with one attached hydrogen (secondary N) is 1. The highest BCUT2D eigenvalue weighted by Gasteiger charge is 2.17. The van der Waals surface area contributed by atoms with Crippen molar-refractivity contribution < 1.29 is 17.9 Å². The maximum Gasteiger partial charge on any atom is 0.253 e. The number of ether oxygens (including phenoxy) is 1. The molecule has 1 amide bonds. The summed E-state index contributed by atoms with van der Waals surface area (Å²) < 4.78 is 32.8. The van der Waals surface area contributed by atoms with Gasteiger partial charge in [-0.25, -0.2) is 13.1 Å². The van der Waals surface area contributed by atoms with E-state index in [1.54, 1.807) is 55.5 Å². The number of unbranched alkanes of at least 4 members (excludes halogenated alkanes) is 1. The Labute approximate surface area is 161 Å². The average Bonchev–Trinajstić information content (AvgIpc) is 2.70. The van der Waals surface area contributed by atoms with Gasteiger partial charge < -0.3 is 9.64 Å². The SMILES string of the molecule is CCCCN(C)C(=O)c1cccc(S(=O)(=O)NCc2ccc(OC)cc2)c1. The van der Waals surface area contributed by atoms with Gasteiger partial charge >= 0.3 is 0 Å². The zero-order valence-electron chi connectivity index (χ0n) is 15.9. The third kappa shape index (κ3) is 5.80. The van der Waals surface area contributed by atoms with Gasteiger partial charge in [-0.1, -0.05) is 31.5 Å². The van der Waals surface area contributed by atoms with Crippen LogP contribution in [0, 0.1) is 0 Å². The lowest BCUT2D eigenvalue weighted by Gasteiger charge is -2.17. The molecule has 0 aliphatic heterocycles. The summed E-state index contributed by atoms with van der Waals surface area (Å²) in [7, 11) is -0.426. The van der Waals surface area contributed by atoms with Crippen LogP contribution in [0.1, 0.15) is 35.7 Å². The number of carbonyl (C=O) groups excluding carboxylic acids is 1. The number of carbonyl (C=O) groups is 1. The highest BCUT2D eigenvalue weighted by molar-refractivity contribution is 7.89. The Hall–Kier alpha value is -2.38. The van der Waals surface area contributed by atoms with Gasteiger partial charge in [-0.05, 0) is 42.3 Å². The Morgan fingerprint density at radius 3 is 2.48 bits per heavy atom. The van der Waals surface area contributed by atoms with Gasteiger partial charge in [-0.2, -0.15) is 0 Å². The molecule has 2 aromatic rings. The van der Waals surface area contributed by atoms with Crippen LogP contribution < -0.4 is 9.46 Å². The van der Waals surface area contributed by atoms with Crippen molar-refractivity contribution in [2.45, 2.75) is 31.2 Å². The van der Waals surface area contributed by atoms with Gasteiger partial charge in [0.05, 0.1) is 12.0 Å². The number of benzene rings is 2. The molecule has 0 aliphatic carbocycles. The maximum atomic E-state index is 12.6. The van der Waals surface area contributed by atoms with Gasteiger partial charge in [0.2, 0.25) is 10.0 Å². The molecular weight excluding hydrogens is 364 g/mol. The minimum atomic E-state index is -3.72. The molecule has 0 fully saturated rings. The summed E-state index contributed by atoms with van der Waals surface area (Å²) >= 11 is 0. The van der Waals surface area contributed by atoms with Crippen LogP contribution in [0.3, 0.4) is 0 Å². The summed E-state index contributed by atoms with van der Waals surface area (Å²) in [5.41, 5.74) is 1.17. The van der Waals surface area contributed by atoms with Crippen LogP contribution in [0.2, 0.25) is 0 Å². The Balaban J connectivity index is 2.10. The molecule has 0 heterocycles. The van der Waals surface area contributed by atoms with Crippen molar-refractivity contribution in [3.63, 3.8) is 0 Å². The van der Waals surface area contributed by atoms with Crippen LogP contribution in [0.25, 0.3) is 0 Å². The highest BCUT2D eigenvalue weighted by Crippen LogP contribution is 2.15. The lowest BCUT2D eigenvalue weighted by atomic mass is 10.2. The molecule has 7 heteroatoms. The van der Waals surface area contributed by atoms with Crippen LogP contribution in [-0.2, 0) is 16.6 Å². The van der Waals surface area contributed by atoms with E-state index in [0.717, 1.165) is 18.4 Å². The average molecular weight is 391 g/mol. The minimum absolute atomic E-state index is 0.0748. The molecule has 2 rings (SSSR count). The van der Waals surface area contributed by atoms with E-state index >= 15 is 0 Å². The first-order valence-corrected chi connectivity index (χ1v) is 10.3. The maximum absolute atomic E-state index is 12.6. The van der Waals surface area contributed by atoms with Crippen molar-refractivity contribution in [1.82, 2.24) is 9.62 Å². The molecule has 146 valence electrons. The van der Waals surface area contributed by atoms with Crippen LogP contribution in [-0.4, -0.2) is 39.9 Å². The second-order valence-electron chi connectivity index (χ2n) is 6.28. The van der Waals surface area contributed by atoms with Gasteiger partial charge in [0.15, 0.2) is 0 Å². The molecule has 0 radical (unpaired) electrons. The van der Waals surface area contributed by atoms with Gasteiger partial charge in [0.25, 0.3) is 5.91 Å². The summed E-state index contributed by atoms with van der Waals surface area (Å²) in [6.45, 7) is 2.85. The molecule has 0 saturated carbocycles. The lowest BCUT2D eigenvalue weighted by molar-refractivity contribution is 0.0793. The summed E-state index contributed by atoms with van der Waals surface area (Å²) in [5.74, 6) is 0.524. The van der Waals surface area contributed by atoms with Gasteiger partial charge in [0.1, 0.15) is 5.75 Å². The molecule has 0 atom stereocenters. The molecule has 0 spiro atoms. The third-order valence-corrected chi connectivity index (χ3v) is 5.61. The molecular formula is C20H26N2O4S. The van der Waals surface area contributed by atoms with Crippen LogP contribution in [0.5, 0.6) is 5.75 Å². The van der Waals surface area contributed by atoms with Crippen molar-refractivity contribution >= 4 is 15.9 Å². The van der Waals surface area contributed by atoms with Crippen molar-refractivity contribution in [3.05, 3.63) is 59.7 Å². The topological polar surface area (TPSA) is 75.7 Å².